The van der Waals surface area contributed by atoms with Crippen molar-refractivity contribution in [2.24, 2.45) is 11.7 Å². The van der Waals surface area contributed by atoms with Gasteiger partial charge in [-0.3, -0.25) is 0 Å². The van der Waals surface area contributed by atoms with E-state index >= 15 is 0 Å². The van der Waals surface area contributed by atoms with E-state index in [9.17, 15) is 0 Å². The zero-order valence-electron chi connectivity index (χ0n) is 9.66. The van der Waals surface area contributed by atoms with Gasteiger partial charge in [0.15, 0.2) is 0 Å². The molecule has 2 N–H and O–H groups in total. The molecule has 0 spiro atoms. The number of aryl methyl sites for hydroxylation is 2. The summed E-state index contributed by atoms with van der Waals surface area (Å²) in [5.41, 5.74) is 7.50. The number of methoxy groups -OCH3 is 1. The largest absolute Gasteiger partial charge is 0.382 e. The van der Waals surface area contributed by atoms with Crippen molar-refractivity contribution in [1.29, 1.82) is 0 Å². The van der Waals surface area contributed by atoms with Crippen molar-refractivity contribution in [2.45, 2.75) is 37.6 Å². The molecular weight excluding hydrogens is 220 g/mol. The fourth-order valence-electron chi connectivity index (χ4n) is 2.58. The summed E-state index contributed by atoms with van der Waals surface area (Å²) in [7, 11) is 1.73. The monoisotopic (exact) mass is 238 g/mol. The van der Waals surface area contributed by atoms with Crippen LogP contribution >= 0.6 is 11.3 Å². The van der Waals surface area contributed by atoms with Gasteiger partial charge in [0, 0.05) is 12.0 Å². The van der Waals surface area contributed by atoms with E-state index in [-0.39, 0.29) is 5.54 Å². The van der Waals surface area contributed by atoms with Crippen LogP contribution in [0.25, 0.3) is 0 Å². The molecule has 1 heterocycles. The number of hydrogen-bond acceptors (Lipinski definition) is 4. The Hall–Kier alpha value is -0.450. The molecule has 1 unspecified atom stereocenters. The number of rotatable bonds is 4. The topological polar surface area (TPSA) is 48.1 Å². The number of aromatic nitrogens is 1. The molecule has 0 bridgehead atoms. The first-order chi connectivity index (χ1) is 7.74. The summed E-state index contributed by atoms with van der Waals surface area (Å²) in [5, 5.41) is 1.11. The molecule has 0 amide bonds. The van der Waals surface area contributed by atoms with Gasteiger partial charge in [0.2, 0.25) is 0 Å². The summed E-state index contributed by atoms with van der Waals surface area (Å²) in [4.78, 5) is 6.22. The van der Waals surface area contributed by atoms with E-state index in [2.05, 4.69) is 0 Å². The lowest BCUT2D eigenvalue weighted by Gasteiger charge is -2.26. The van der Waals surface area contributed by atoms with E-state index in [1.165, 1.54) is 36.3 Å². The van der Waals surface area contributed by atoms with Crippen molar-refractivity contribution in [3.63, 3.8) is 0 Å². The summed E-state index contributed by atoms with van der Waals surface area (Å²) in [5.74, 6) is 0.582. The predicted molar refractivity (Wildman–Crippen MR) is 64.6 cm³/mol. The van der Waals surface area contributed by atoms with Crippen LogP contribution in [0.1, 0.15) is 34.8 Å². The molecule has 16 heavy (non-hydrogen) atoms. The van der Waals surface area contributed by atoms with Crippen molar-refractivity contribution in [1.82, 2.24) is 4.98 Å². The molecule has 4 heteroatoms. The van der Waals surface area contributed by atoms with Crippen molar-refractivity contribution >= 4 is 11.3 Å². The van der Waals surface area contributed by atoms with Gasteiger partial charge in [-0.1, -0.05) is 0 Å². The molecule has 2 aliphatic carbocycles. The average Bonchev–Trinajstić information content (AvgIpc) is 2.88. The molecule has 1 aromatic rings. The van der Waals surface area contributed by atoms with Crippen LogP contribution in [-0.4, -0.2) is 18.7 Å². The van der Waals surface area contributed by atoms with Crippen LogP contribution in [0.2, 0.25) is 0 Å². The van der Waals surface area contributed by atoms with Gasteiger partial charge in [-0.2, -0.15) is 0 Å². The number of nitrogens with zero attached hydrogens (tertiary/aromatic N) is 1. The van der Waals surface area contributed by atoms with E-state index in [0.29, 0.717) is 12.5 Å². The van der Waals surface area contributed by atoms with Crippen molar-refractivity contribution in [3.05, 3.63) is 15.6 Å². The summed E-state index contributed by atoms with van der Waals surface area (Å²) < 4.78 is 5.31. The molecule has 0 aromatic carbocycles. The number of hydrogen-bond donors (Lipinski definition) is 1. The molecule has 3 rings (SSSR count). The van der Waals surface area contributed by atoms with E-state index < -0.39 is 0 Å². The van der Waals surface area contributed by atoms with Crippen molar-refractivity contribution in [3.8, 4) is 0 Å². The Bertz CT molecular complexity index is 378. The quantitative estimate of drug-likeness (QED) is 0.870. The Labute approximate surface area is 100 Å². The standard InChI is InChI=1S/C12H18N2OS/c1-15-7-12(13,8-5-6-8)11-14-9-3-2-4-10(9)16-11/h8H,2-7,13H2,1H3. The fourth-order valence-corrected chi connectivity index (χ4v) is 3.90. The maximum atomic E-state index is 6.52. The Morgan fingerprint density at radius 2 is 2.31 bits per heavy atom. The SMILES string of the molecule is COCC(N)(c1nc2c(s1)CCC2)C1CC1. The summed E-state index contributed by atoms with van der Waals surface area (Å²) in [6, 6.07) is 0. The van der Waals surface area contributed by atoms with Gasteiger partial charge in [-0.25, -0.2) is 4.98 Å². The van der Waals surface area contributed by atoms with E-state index in [1.807, 2.05) is 11.3 Å². The van der Waals surface area contributed by atoms with Crippen LogP contribution in [0.15, 0.2) is 0 Å². The Morgan fingerprint density at radius 1 is 1.50 bits per heavy atom. The van der Waals surface area contributed by atoms with Crippen LogP contribution in [0, 0.1) is 5.92 Å². The fraction of sp³-hybridized carbons (Fsp3) is 0.750. The molecule has 1 fully saturated rings. The van der Waals surface area contributed by atoms with E-state index in [0.717, 1.165) is 11.4 Å². The maximum absolute atomic E-state index is 6.52. The first-order valence-corrected chi connectivity index (χ1v) is 6.82. The first kappa shape index (κ1) is 10.7. The van der Waals surface area contributed by atoms with Crippen LogP contribution < -0.4 is 5.73 Å². The molecule has 0 saturated heterocycles. The highest BCUT2D eigenvalue weighted by molar-refractivity contribution is 7.12. The summed E-state index contributed by atoms with van der Waals surface area (Å²) >= 11 is 1.82. The van der Waals surface area contributed by atoms with Crippen LogP contribution in [0.5, 0.6) is 0 Å². The number of ether oxygens (including phenoxy) is 1. The summed E-state index contributed by atoms with van der Waals surface area (Å²) in [6.45, 7) is 0.601. The number of nitrogens with two attached hydrogens (primary N) is 1. The summed E-state index contributed by atoms with van der Waals surface area (Å²) in [6.07, 6.45) is 6.05. The van der Waals surface area contributed by atoms with E-state index in [1.54, 1.807) is 7.11 Å². The van der Waals surface area contributed by atoms with Crippen LogP contribution in [0.3, 0.4) is 0 Å². The molecule has 1 aromatic heterocycles. The van der Waals surface area contributed by atoms with Crippen LogP contribution in [-0.2, 0) is 23.1 Å². The molecule has 2 aliphatic rings. The molecule has 88 valence electrons. The van der Waals surface area contributed by atoms with Gasteiger partial charge in [-0.15, -0.1) is 11.3 Å². The number of fused-ring (bicyclic) bond motifs is 1. The lowest BCUT2D eigenvalue weighted by atomic mass is 9.96. The highest BCUT2D eigenvalue weighted by Crippen LogP contribution is 2.46. The van der Waals surface area contributed by atoms with Crippen molar-refractivity contribution < 1.29 is 4.74 Å². The normalized spacial score (nSPS) is 23.1. The third kappa shape index (κ3) is 1.60. The van der Waals surface area contributed by atoms with Gasteiger partial charge in [0.25, 0.3) is 0 Å². The lowest BCUT2D eigenvalue weighted by molar-refractivity contribution is 0.119. The van der Waals surface area contributed by atoms with Gasteiger partial charge in [0.1, 0.15) is 5.01 Å². The minimum atomic E-state index is -0.316. The molecular formula is C12H18N2OS. The predicted octanol–water partition coefficient (Wildman–Crippen LogP) is 1.84. The second-order valence-corrected chi connectivity index (χ2v) is 6.07. The molecule has 1 atom stereocenters. The molecule has 0 aliphatic heterocycles. The van der Waals surface area contributed by atoms with E-state index in [4.69, 9.17) is 15.5 Å². The Kier molecular flexibility index (Phi) is 2.53. The minimum Gasteiger partial charge on any atom is -0.382 e. The average molecular weight is 238 g/mol. The smallest absolute Gasteiger partial charge is 0.116 e. The molecule has 1 saturated carbocycles. The van der Waals surface area contributed by atoms with Gasteiger partial charge < -0.3 is 10.5 Å². The highest BCUT2D eigenvalue weighted by atomic mass is 32.1. The maximum Gasteiger partial charge on any atom is 0.116 e. The van der Waals surface area contributed by atoms with Gasteiger partial charge in [-0.05, 0) is 38.0 Å². The molecule has 3 nitrogen and oxygen atoms in total. The number of thiazole rings is 1. The van der Waals surface area contributed by atoms with Gasteiger partial charge in [0.05, 0.1) is 17.8 Å². The first-order valence-electron chi connectivity index (χ1n) is 6.01. The Balaban J connectivity index is 1.92. The van der Waals surface area contributed by atoms with Gasteiger partial charge >= 0.3 is 0 Å². The second-order valence-electron chi connectivity index (χ2n) is 4.99. The zero-order valence-corrected chi connectivity index (χ0v) is 10.5. The zero-order chi connectivity index (χ0) is 11.2. The molecule has 0 radical (unpaired) electrons. The lowest BCUT2D eigenvalue weighted by Crippen LogP contribution is -2.43. The van der Waals surface area contributed by atoms with Crippen LogP contribution in [0.4, 0.5) is 0 Å². The second kappa shape index (κ2) is 3.79. The highest BCUT2D eigenvalue weighted by Gasteiger charge is 2.46. The minimum absolute atomic E-state index is 0.316. The third-order valence-electron chi connectivity index (χ3n) is 3.68. The Morgan fingerprint density at radius 3 is 2.94 bits per heavy atom. The van der Waals surface area contributed by atoms with Crippen molar-refractivity contribution in [2.75, 3.05) is 13.7 Å². The third-order valence-corrected chi connectivity index (χ3v) is 5.03.